The maximum absolute atomic E-state index is 13.4. The highest BCUT2D eigenvalue weighted by Crippen LogP contribution is 2.18. The molecule has 2 aromatic carbocycles. The zero-order chi connectivity index (χ0) is 22.1. The first kappa shape index (κ1) is 21.1. The van der Waals surface area contributed by atoms with Gasteiger partial charge in [-0.15, -0.1) is 0 Å². The molecule has 0 spiro atoms. The summed E-state index contributed by atoms with van der Waals surface area (Å²) in [5.41, 5.74) is 2.71. The van der Waals surface area contributed by atoms with Crippen LogP contribution in [0.4, 0.5) is 0 Å². The van der Waals surface area contributed by atoms with Crippen molar-refractivity contribution in [3.8, 4) is 5.69 Å². The number of hydrogen-bond donors (Lipinski definition) is 0. The van der Waals surface area contributed by atoms with Crippen LogP contribution in [-0.2, 0) is 13.1 Å². The zero-order valence-electron chi connectivity index (χ0n) is 17.9. The van der Waals surface area contributed by atoms with E-state index in [2.05, 4.69) is 18.8 Å². The molecule has 4 aromatic rings. The van der Waals surface area contributed by atoms with Gasteiger partial charge in [0.2, 0.25) is 0 Å². The van der Waals surface area contributed by atoms with Gasteiger partial charge in [-0.1, -0.05) is 55.8 Å². The van der Waals surface area contributed by atoms with Gasteiger partial charge in [0.05, 0.1) is 12.0 Å². The molecule has 6 nitrogen and oxygen atoms in total. The van der Waals surface area contributed by atoms with Crippen molar-refractivity contribution in [1.29, 1.82) is 0 Å². The molecule has 0 radical (unpaired) electrons. The van der Waals surface area contributed by atoms with E-state index in [4.69, 9.17) is 11.6 Å². The minimum Gasteiger partial charge on any atom is -0.320 e. The molecule has 0 fully saturated rings. The van der Waals surface area contributed by atoms with Crippen molar-refractivity contribution in [2.75, 3.05) is 0 Å². The smallest absolute Gasteiger partial charge is 0.320 e. The van der Waals surface area contributed by atoms with Crippen LogP contribution in [0, 0.1) is 12.8 Å². The van der Waals surface area contributed by atoms with E-state index >= 15 is 0 Å². The Morgan fingerprint density at radius 2 is 1.84 bits per heavy atom. The SMILES string of the molecule is Cc1ccccc1-n1c(=O)n(CCC(C)C)c(=O)c2c1ncn2Cc1cccc(Cl)c1. The average Bonchev–Trinajstić information content (AvgIpc) is 3.12. The molecular formula is C24H25ClN4O2. The van der Waals surface area contributed by atoms with Crippen LogP contribution >= 0.6 is 11.6 Å². The van der Waals surface area contributed by atoms with Gasteiger partial charge in [-0.05, 0) is 48.6 Å². The molecule has 0 unspecified atom stereocenters. The summed E-state index contributed by atoms with van der Waals surface area (Å²) in [7, 11) is 0. The second-order valence-corrected chi connectivity index (χ2v) is 8.65. The standard InChI is InChI=1S/C24H25ClN4O2/c1-16(2)11-12-28-23(30)21-22(29(24(28)31)20-10-5-4-7-17(20)3)26-15-27(21)14-18-8-6-9-19(25)13-18/h4-10,13,15-16H,11-12,14H2,1-3H3. The molecule has 2 aromatic heterocycles. The molecule has 0 bridgehead atoms. The molecular weight excluding hydrogens is 412 g/mol. The third-order valence-electron chi connectivity index (χ3n) is 5.43. The van der Waals surface area contributed by atoms with E-state index in [1.807, 2.05) is 55.5 Å². The molecule has 0 aliphatic heterocycles. The van der Waals surface area contributed by atoms with Crippen LogP contribution < -0.4 is 11.2 Å². The molecule has 2 heterocycles. The van der Waals surface area contributed by atoms with Crippen LogP contribution in [0.3, 0.4) is 0 Å². The number of aromatic nitrogens is 4. The lowest BCUT2D eigenvalue weighted by Crippen LogP contribution is -2.40. The molecule has 7 heteroatoms. The Kier molecular flexibility index (Phi) is 5.83. The van der Waals surface area contributed by atoms with Gasteiger partial charge in [-0.2, -0.15) is 0 Å². The molecule has 4 rings (SSSR count). The van der Waals surface area contributed by atoms with Gasteiger partial charge in [0.25, 0.3) is 5.56 Å². The van der Waals surface area contributed by atoms with Gasteiger partial charge in [-0.3, -0.25) is 9.36 Å². The molecule has 0 atom stereocenters. The Balaban J connectivity index is 1.98. The fourth-order valence-corrected chi connectivity index (χ4v) is 3.96. The number of fused-ring (bicyclic) bond motifs is 1. The maximum atomic E-state index is 13.4. The highest BCUT2D eigenvalue weighted by atomic mass is 35.5. The van der Waals surface area contributed by atoms with Crippen LogP contribution in [0.25, 0.3) is 16.9 Å². The van der Waals surface area contributed by atoms with Gasteiger partial charge in [0, 0.05) is 18.1 Å². The second kappa shape index (κ2) is 8.55. The van der Waals surface area contributed by atoms with Crippen molar-refractivity contribution < 1.29 is 0 Å². The van der Waals surface area contributed by atoms with Crippen LogP contribution in [0.1, 0.15) is 31.4 Å². The van der Waals surface area contributed by atoms with E-state index < -0.39 is 0 Å². The fraction of sp³-hybridized carbons (Fsp3) is 0.292. The number of para-hydroxylation sites is 1. The van der Waals surface area contributed by atoms with E-state index in [9.17, 15) is 9.59 Å². The predicted molar refractivity (Wildman–Crippen MR) is 124 cm³/mol. The highest BCUT2D eigenvalue weighted by Gasteiger charge is 2.20. The average molecular weight is 437 g/mol. The summed E-state index contributed by atoms with van der Waals surface area (Å²) in [5.74, 6) is 0.366. The second-order valence-electron chi connectivity index (χ2n) is 8.22. The summed E-state index contributed by atoms with van der Waals surface area (Å²) in [5, 5.41) is 0.632. The number of nitrogens with zero attached hydrogens (tertiary/aromatic N) is 4. The van der Waals surface area contributed by atoms with Crippen LogP contribution in [0.2, 0.25) is 5.02 Å². The van der Waals surface area contributed by atoms with Crippen molar-refractivity contribution in [3.05, 3.63) is 91.8 Å². The number of benzene rings is 2. The first-order valence-corrected chi connectivity index (χ1v) is 10.8. The number of aryl methyl sites for hydroxylation is 1. The Bertz CT molecular complexity index is 1360. The molecule has 0 aliphatic rings. The Morgan fingerprint density at radius 1 is 1.06 bits per heavy atom. The predicted octanol–water partition coefficient (Wildman–Crippen LogP) is 4.41. The first-order chi connectivity index (χ1) is 14.9. The molecule has 0 amide bonds. The Hall–Kier alpha value is -3.12. The van der Waals surface area contributed by atoms with E-state index in [1.165, 1.54) is 4.57 Å². The van der Waals surface area contributed by atoms with Crippen LogP contribution in [0.15, 0.2) is 64.4 Å². The van der Waals surface area contributed by atoms with Gasteiger partial charge >= 0.3 is 5.69 Å². The van der Waals surface area contributed by atoms with E-state index in [0.717, 1.165) is 23.2 Å². The topological polar surface area (TPSA) is 61.8 Å². The monoisotopic (exact) mass is 436 g/mol. The van der Waals surface area contributed by atoms with Crippen molar-refractivity contribution in [3.63, 3.8) is 0 Å². The minimum atomic E-state index is -0.361. The van der Waals surface area contributed by atoms with E-state index in [0.29, 0.717) is 35.2 Å². The summed E-state index contributed by atoms with van der Waals surface area (Å²) >= 11 is 6.14. The quantitative estimate of drug-likeness (QED) is 0.450. The number of imidazole rings is 1. The normalized spacial score (nSPS) is 11.5. The number of halogens is 1. The number of hydrogen-bond acceptors (Lipinski definition) is 3. The molecule has 0 saturated carbocycles. The highest BCUT2D eigenvalue weighted by molar-refractivity contribution is 6.30. The summed E-state index contributed by atoms with van der Waals surface area (Å²) in [6.07, 6.45) is 2.35. The molecule has 0 saturated heterocycles. The van der Waals surface area contributed by atoms with E-state index in [-0.39, 0.29) is 11.2 Å². The van der Waals surface area contributed by atoms with Crippen molar-refractivity contribution in [2.24, 2.45) is 5.92 Å². The summed E-state index contributed by atoms with van der Waals surface area (Å²) in [6, 6.07) is 15.1. The fourth-order valence-electron chi connectivity index (χ4n) is 3.75. The maximum Gasteiger partial charge on any atom is 0.337 e. The lowest BCUT2D eigenvalue weighted by Gasteiger charge is -2.15. The third kappa shape index (κ3) is 4.08. The lowest BCUT2D eigenvalue weighted by atomic mass is 10.1. The van der Waals surface area contributed by atoms with Crippen molar-refractivity contribution >= 4 is 22.8 Å². The van der Waals surface area contributed by atoms with Gasteiger partial charge in [0.15, 0.2) is 11.2 Å². The van der Waals surface area contributed by atoms with Crippen molar-refractivity contribution in [1.82, 2.24) is 18.7 Å². The van der Waals surface area contributed by atoms with Crippen LogP contribution in [-0.4, -0.2) is 18.7 Å². The van der Waals surface area contributed by atoms with E-state index in [1.54, 1.807) is 15.5 Å². The summed E-state index contributed by atoms with van der Waals surface area (Å²) in [6.45, 7) is 6.89. The third-order valence-corrected chi connectivity index (χ3v) is 5.66. The minimum absolute atomic E-state index is 0.315. The lowest BCUT2D eigenvalue weighted by molar-refractivity contribution is 0.491. The van der Waals surface area contributed by atoms with Crippen LogP contribution in [0.5, 0.6) is 0 Å². The summed E-state index contributed by atoms with van der Waals surface area (Å²) in [4.78, 5) is 31.4. The zero-order valence-corrected chi connectivity index (χ0v) is 18.6. The van der Waals surface area contributed by atoms with Gasteiger partial charge in [-0.25, -0.2) is 14.3 Å². The Morgan fingerprint density at radius 3 is 2.55 bits per heavy atom. The van der Waals surface area contributed by atoms with Gasteiger partial charge < -0.3 is 4.57 Å². The molecule has 0 aliphatic carbocycles. The summed E-state index contributed by atoms with van der Waals surface area (Å²) < 4.78 is 4.69. The Labute approximate surface area is 185 Å². The first-order valence-electron chi connectivity index (χ1n) is 10.4. The molecule has 0 N–H and O–H groups in total. The van der Waals surface area contributed by atoms with Gasteiger partial charge in [0.1, 0.15) is 0 Å². The number of rotatable bonds is 6. The molecule has 160 valence electrons. The largest absolute Gasteiger partial charge is 0.337 e. The van der Waals surface area contributed by atoms with Crippen molar-refractivity contribution in [2.45, 2.75) is 40.3 Å². The molecule has 31 heavy (non-hydrogen) atoms.